The predicted octanol–water partition coefficient (Wildman–Crippen LogP) is 5.85. The second-order valence-corrected chi connectivity index (χ2v) is 14.3. The van der Waals surface area contributed by atoms with Gasteiger partial charge in [0.2, 0.25) is 5.91 Å². The fraction of sp³-hybridized carbons (Fsp3) is 0.575. The molecule has 1 amide bonds. The summed E-state index contributed by atoms with van der Waals surface area (Å²) in [5.74, 6) is 1.54. The largest absolute Gasteiger partial charge is 0.481 e. The molecule has 276 valence electrons. The molecule has 51 heavy (non-hydrogen) atoms. The molecule has 3 aliphatic rings. The van der Waals surface area contributed by atoms with Gasteiger partial charge < -0.3 is 25.1 Å². The predicted molar refractivity (Wildman–Crippen MR) is 202 cm³/mol. The molecular formula is C40H57N7O4. The van der Waals surface area contributed by atoms with E-state index in [2.05, 4.69) is 69.6 Å². The van der Waals surface area contributed by atoms with Crippen molar-refractivity contribution >= 4 is 29.2 Å². The van der Waals surface area contributed by atoms with Crippen LogP contribution in [0.2, 0.25) is 0 Å². The van der Waals surface area contributed by atoms with Gasteiger partial charge in [0.25, 0.3) is 0 Å². The van der Waals surface area contributed by atoms with Crippen LogP contribution in [0.15, 0.2) is 42.5 Å². The van der Waals surface area contributed by atoms with Gasteiger partial charge in [-0.25, -0.2) is 9.67 Å². The molecule has 2 saturated heterocycles. The van der Waals surface area contributed by atoms with E-state index in [0.717, 1.165) is 106 Å². The van der Waals surface area contributed by atoms with E-state index in [9.17, 15) is 14.4 Å². The van der Waals surface area contributed by atoms with Crippen LogP contribution >= 0.6 is 0 Å². The molecule has 2 aromatic heterocycles. The molecule has 3 aromatic rings. The Labute approximate surface area is 303 Å². The molecule has 1 atom stereocenters. The van der Waals surface area contributed by atoms with E-state index in [1.807, 2.05) is 23.4 Å². The van der Waals surface area contributed by atoms with Crippen molar-refractivity contribution in [2.75, 3.05) is 62.6 Å². The molecule has 1 aromatic carbocycles. The van der Waals surface area contributed by atoms with Crippen molar-refractivity contribution in [2.45, 2.75) is 91.4 Å². The number of carboxylic acid groups (broad SMARTS) is 1. The topological polar surface area (TPSA) is 124 Å². The Morgan fingerprint density at radius 3 is 2.49 bits per heavy atom. The summed E-state index contributed by atoms with van der Waals surface area (Å²) >= 11 is 0. The summed E-state index contributed by atoms with van der Waals surface area (Å²) in [6.45, 7) is 13.2. The maximum absolute atomic E-state index is 12.4. The molecule has 11 nitrogen and oxygen atoms in total. The lowest BCUT2D eigenvalue weighted by Gasteiger charge is -2.36. The number of anilines is 2. The summed E-state index contributed by atoms with van der Waals surface area (Å²) in [6, 6.07) is 14.9. The van der Waals surface area contributed by atoms with Crippen LogP contribution in [0.1, 0.15) is 87.4 Å². The van der Waals surface area contributed by atoms with Gasteiger partial charge in [0, 0.05) is 82.0 Å². The number of Topliss-reactive ketones (excluding diaryl/α,β-unsaturated/α-hetero) is 1. The maximum atomic E-state index is 12.4. The van der Waals surface area contributed by atoms with E-state index in [0.29, 0.717) is 25.7 Å². The number of ketones is 1. The number of amides is 1. The van der Waals surface area contributed by atoms with Gasteiger partial charge >= 0.3 is 5.97 Å². The minimum absolute atomic E-state index is 0.167. The van der Waals surface area contributed by atoms with E-state index in [4.69, 9.17) is 10.1 Å². The van der Waals surface area contributed by atoms with Gasteiger partial charge in [-0.2, -0.15) is 5.10 Å². The van der Waals surface area contributed by atoms with Crippen LogP contribution in [0.3, 0.4) is 0 Å². The highest BCUT2D eigenvalue weighted by atomic mass is 16.4. The molecule has 3 aliphatic heterocycles. The second kappa shape index (κ2) is 18.8. The van der Waals surface area contributed by atoms with Crippen molar-refractivity contribution in [3.05, 3.63) is 65.1 Å². The van der Waals surface area contributed by atoms with Gasteiger partial charge in [-0.05, 0) is 114 Å². The minimum atomic E-state index is -0.687. The Bertz CT molecular complexity index is 1610. The lowest BCUT2D eigenvalue weighted by molar-refractivity contribution is -0.137. The Hall–Kier alpha value is -4.25. The number of benzene rings is 1. The van der Waals surface area contributed by atoms with Gasteiger partial charge in [0.05, 0.1) is 11.4 Å². The summed E-state index contributed by atoms with van der Waals surface area (Å²) in [7, 11) is 0. The Kier molecular flexibility index (Phi) is 14.0. The van der Waals surface area contributed by atoms with Crippen molar-refractivity contribution in [2.24, 2.45) is 5.92 Å². The third kappa shape index (κ3) is 11.4. The number of likely N-dealkylation sites (tertiary alicyclic amines) is 1. The Morgan fingerprint density at radius 1 is 0.941 bits per heavy atom. The zero-order chi connectivity index (χ0) is 36.2. The lowest BCUT2D eigenvalue weighted by Crippen LogP contribution is -2.48. The smallest absolute Gasteiger partial charge is 0.303 e. The fourth-order valence-electron chi connectivity index (χ4n) is 7.36. The normalized spacial score (nSPS) is 17.4. The number of hydrogen-bond donors (Lipinski definition) is 2. The molecule has 1 unspecified atom stereocenters. The van der Waals surface area contributed by atoms with Gasteiger partial charge in [-0.15, -0.1) is 0 Å². The fourth-order valence-corrected chi connectivity index (χ4v) is 7.36. The lowest BCUT2D eigenvalue weighted by atomic mass is 10.00. The average molecular weight is 700 g/mol. The van der Waals surface area contributed by atoms with Gasteiger partial charge in [0.1, 0.15) is 11.6 Å². The molecule has 0 saturated carbocycles. The number of nitrogens with one attached hydrogen (secondary N) is 1. The van der Waals surface area contributed by atoms with Crippen molar-refractivity contribution < 1.29 is 19.5 Å². The minimum Gasteiger partial charge on any atom is -0.481 e. The number of carbonyl (C=O) groups excluding carboxylic acids is 2. The average Bonchev–Trinajstić information content (AvgIpc) is 3.75. The monoisotopic (exact) mass is 699 g/mol. The van der Waals surface area contributed by atoms with E-state index in [1.54, 1.807) is 0 Å². The number of carboxylic acids is 1. The first-order valence-electron chi connectivity index (χ1n) is 19.0. The van der Waals surface area contributed by atoms with Gasteiger partial charge in [-0.3, -0.25) is 14.4 Å². The van der Waals surface area contributed by atoms with E-state index < -0.39 is 5.97 Å². The highest BCUT2D eigenvalue weighted by Crippen LogP contribution is 2.25. The zero-order valence-corrected chi connectivity index (χ0v) is 30.9. The molecular weight excluding hydrogens is 642 g/mol. The van der Waals surface area contributed by atoms with Gasteiger partial charge in [0.15, 0.2) is 0 Å². The van der Waals surface area contributed by atoms with E-state index in [-0.39, 0.29) is 18.1 Å². The first-order valence-corrected chi connectivity index (χ1v) is 19.0. The molecule has 6 rings (SSSR count). The standard InChI is InChI=1S/C22H30N4O2.C18H27N3O2/c1-4-21(27)9-6-10-22(28)25-13-11-24(12-14-25)19-7-5-8-20(16-19)26-18(3)15-17(2)23-26;22-17(23)4-2-11-21-12-9-14(13-21)5-7-16-8-6-15-3-1-10-19-18(15)20-16/h5,7-8,15-16H,4,6,9-14H2,1-3H3;6,8,14H,1-5,7,9-13H2,(H,19,20)(H,22,23). The van der Waals surface area contributed by atoms with Crippen LogP contribution in [-0.4, -0.2) is 99.7 Å². The zero-order valence-electron chi connectivity index (χ0n) is 30.9. The summed E-state index contributed by atoms with van der Waals surface area (Å²) in [6.07, 6.45) is 9.06. The van der Waals surface area contributed by atoms with Crippen LogP contribution in [0, 0.1) is 19.8 Å². The third-order valence-electron chi connectivity index (χ3n) is 10.3. The quantitative estimate of drug-likeness (QED) is 0.214. The first-order chi connectivity index (χ1) is 24.7. The van der Waals surface area contributed by atoms with Crippen molar-refractivity contribution in [1.82, 2.24) is 24.6 Å². The van der Waals surface area contributed by atoms with Crippen LogP contribution in [0.4, 0.5) is 11.5 Å². The maximum Gasteiger partial charge on any atom is 0.303 e. The Morgan fingerprint density at radius 2 is 1.75 bits per heavy atom. The highest BCUT2D eigenvalue weighted by Gasteiger charge is 2.23. The number of aryl methyl sites for hydroxylation is 4. The van der Waals surface area contributed by atoms with Crippen LogP contribution in [0.5, 0.6) is 0 Å². The third-order valence-corrected chi connectivity index (χ3v) is 10.3. The summed E-state index contributed by atoms with van der Waals surface area (Å²) in [4.78, 5) is 45.8. The molecule has 11 heteroatoms. The van der Waals surface area contributed by atoms with Crippen molar-refractivity contribution in [3.63, 3.8) is 0 Å². The number of pyridine rings is 1. The number of aliphatic carboxylic acids is 1. The molecule has 0 aliphatic carbocycles. The van der Waals surface area contributed by atoms with Crippen molar-refractivity contribution in [1.29, 1.82) is 0 Å². The summed E-state index contributed by atoms with van der Waals surface area (Å²) in [5, 5.41) is 16.7. The Balaban J connectivity index is 0.000000201. The molecule has 0 bridgehead atoms. The van der Waals surface area contributed by atoms with Crippen LogP contribution in [-0.2, 0) is 27.2 Å². The molecule has 2 N–H and O–H groups in total. The number of rotatable bonds is 14. The number of carbonyl (C=O) groups is 3. The highest BCUT2D eigenvalue weighted by molar-refractivity contribution is 5.80. The molecule has 5 heterocycles. The second-order valence-electron chi connectivity index (χ2n) is 14.3. The van der Waals surface area contributed by atoms with E-state index in [1.165, 1.54) is 30.5 Å². The summed E-state index contributed by atoms with van der Waals surface area (Å²) < 4.78 is 1.97. The van der Waals surface area contributed by atoms with Crippen molar-refractivity contribution in [3.8, 4) is 5.69 Å². The molecule has 2 fully saturated rings. The number of piperazine rings is 1. The number of aromatic nitrogens is 3. The summed E-state index contributed by atoms with van der Waals surface area (Å²) in [5.41, 5.74) is 6.89. The SMILES string of the molecule is CCC(=O)CCCC(=O)N1CCN(c2cccc(-n3nc(C)cc3C)c2)CC1.O=C(O)CCCN1CCC(CCc2ccc3c(n2)NCCC3)C1. The van der Waals surface area contributed by atoms with Gasteiger partial charge in [-0.1, -0.05) is 19.1 Å². The number of fused-ring (bicyclic) bond motifs is 1. The number of hydrogen-bond acceptors (Lipinski definition) is 8. The molecule has 0 spiro atoms. The van der Waals surface area contributed by atoms with Crippen LogP contribution in [0.25, 0.3) is 5.69 Å². The van der Waals surface area contributed by atoms with Crippen LogP contribution < -0.4 is 10.2 Å². The molecule has 0 radical (unpaired) electrons. The van der Waals surface area contributed by atoms with E-state index >= 15 is 0 Å². The number of nitrogens with zero attached hydrogens (tertiary/aromatic N) is 6. The first kappa shape index (κ1) is 38.0.